The highest BCUT2D eigenvalue weighted by Gasteiger charge is 2.38. The zero-order valence-electron chi connectivity index (χ0n) is 14.0. The molecule has 0 aliphatic carbocycles. The quantitative estimate of drug-likeness (QED) is 0.738. The number of halogens is 3. The van der Waals surface area contributed by atoms with Gasteiger partial charge in [-0.1, -0.05) is 43.3 Å². The second-order valence-electron chi connectivity index (χ2n) is 5.83. The fraction of sp³-hybridized carbons (Fsp3) is 0.438. The normalized spacial score (nSPS) is 11.8. The Morgan fingerprint density at radius 1 is 1.28 bits per heavy atom. The molecule has 6 nitrogen and oxygen atoms in total. The van der Waals surface area contributed by atoms with Crippen LogP contribution in [0.2, 0.25) is 0 Å². The van der Waals surface area contributed by atoms with Crippen LogP contribution in [0.25, 0.3) is 11.4 Å². The maximum absolute atomic E-state index is 12.5. The lowest BCUT2D eigenvalue weighted by Crippen LogP contribution is -2.30. The Hall–Kier alpha value is -2.42. The number of alkyl halides is 3. The van der Waals surface area contributed by atoms with Crippen molar-refractivity contribution in [3.8, 4) is 11.4 Å². The van der Waals surface area contributed by atoms with Crippen LogP contribution in [0.5, 0.6) is 0 Å². The first-order valence-corrected chi connectivity index (χ1v) is 7.55. The van der Waals surface area contributed by atoms with Crippen molar-refractivity contribution in [2.45, 2.75) is 33.0 Å². The maximum atomic E-state index is 12.5. The molecule has 25 heavy (non-hydrogen) atoms. The monoisotopic (exact) mass is 357 g/mol. The standard InChI is InChI=1S/C16H18F3N3O3/c1-10(2)8-13(23)22(24-3)9-11-4-6-12(7-5-11)14-20-15(25-21-14)16(17,18)19/h4-7,10H,8-9H2,1-3H3. The average Bonchev–Trinajstić information content (AvgIpc) is 3.02. The summed E-state index contributed by atoms with van der Waals surface area (Å²) in [6.07, 6.45) is -4.32. The molecule has 1 amide bonds. The van der Waals surface area contributed by atoms with Crippen molar-refractivity contribution < 1.29 is 27.3 Å². The number of hydrogen-bond donors (Lipinski definition) is 0. The van der Waals surface area contributed by atoms with Crippen LogP contribution < -0.4 is 0 Å². The lowest BCUT2D eigenvalue weighted by atomic mass is 10.1. The Morgan fingerprint density at radius 2 is 1.92 bits per heavy atom. The minimum Gasteiger partial charge on any atom is -0.329 e. The molecule has 9 heteroatoms. The van der Waals surface area contributed by atoms with Gasteiger partial charge >= 0.3 is 12.1 Å². The number of rotatable bonds is 6. The van der Waals surface area contributed by atoms with Gasteiger partial charge in [-0.3, -0.25) is 9.63 Å². The fourth-order valence-electron chi connectivity index (χ4n) is 2.09. The highest BCUT2D eigenvalue weighted by molar-refractivity contribution is 5.75. The van der Waals surface area contributed by atoms with E-state index in [0.717, 1.165) is 5.56 Å². The van der Waals surface area contributed by atoms with E-state index in [1.807, 2.05) is 13.8 Å². The molecule has 0 spiro atoms. The summed E-state index contributed by atoms with van der Waals surface area (Å²) in [6, 6.07) is 6.43. The first-order valence-electron chi connectivity index (χ1n) is 7.55. The number of carbonyl (C=O) groups is 1. The van der Waals surface area contributed by atoms with Gasteiger partial charge in [0.1, 0.15) is 0 Å². The van der Waals surface area contributed by atoms with E-state index in [1.165, 1.54) is 12.2 Å². The number of carbonyl (C=O) groups excluding carboxylic acids is 1. The van der Waals surface area contributed by atoms with Gasteiger partial charge in [-0.2, -0.15) is 18.2 Å². The van der Waals surface area contributed by atoms with E-state index >= 15 is 0 Å². The second-order valence-corrected chi connectivity index (χ2v) is 5.83. The fourth-order valence-corrected chi connectivity index (χ4v) is 2.09. The van der Waals surface area contributed by atoms with Crippen LogP contribution in [-0.2, 0) is 22.4 Å². The lowest BCUT2D eigenvalue weighted by Gasteiger charge is -2.20. The van der Waals surface area contributed by atoms with Crippen LogP contribution >= 0.6 is 0 Å². The van der Waals surface area contributed by atoms with E-state index in [-0.39, 0.29) is 24.2 Å². The van der Waals surface area contributed by atoms with Gasteiger partial charge in [-0.25, -0.2) is 5.06 Å². The van der Waals surface area contributed by atoms with Gasteiger partial charge in [0.2, 0.25) is 11.7 Å². The Kier molecular flexibility index (Phi) is 5.78. The number of aromatic nitrogens is 2. The number of nitrogens with zero attached hydrogens (tertiary/aromatic N) is 3. The minimum atomic E-state index is -4.68. The molecule has 1 heterocycles. The van der Waals surface area contributed by atoms with E-state index in [9.17, 15) is 18.0 Å². The number of hydrogen-bond acceptors (Lipinski definition) is 5. The van der Waals surface area contributed by atoms with Crippen molar-refractivity contribution in [2.24, 2.45) is 5.92 Å². The molecule has 0 radical (unpaired) electrons. The Balaban J connectivity index is 2.09. The summed E-state index contributed by atoms with van der Waals surface area (Å²) in [5, 5.41) is 4.57. The van der Waals surface area contributed by atoms with Gasteiger partial charge in [0, 0.05) is 12.0 Å². The predicted octanol–water partition coefficient (Wildman–Crippen LogP) is 3.69. The maximum Gasteiger partial charge on any atom is 0.471 e. The van der Waals surface area contributed by atoms with Gasteiger partial charge in [0.05, 0.1) is 13.7 Å². The van der Waals surface area contributed by atoms with E-state index < -0.39 is 12.1 Å². The van der Waals surface area contributed by atoms with Crippen LogP contribution in [0.1, 0.15) is 31.7 Å². The number of hydroxylamine groups is 2. The summed E-state index contributed by atoms with van der Waals surface area (Å²) in [6.45, 7) is 4.09. The van der Waals surface area contributed by atoms with Crippen molar-refractivity contribution >= 4 is 5.91 Å². The highest BCUT2D eigenvalue weighted by atomic mass is 19.4. The molecule has 1 aromatic heterocycles. The van der Waals surface area contributed by atoms with Gasteiger partial charge in [-0.15, -0.1) is 0 Å². The zero-order valence-corrected chi connectivity index (χ0v) is 14.0. The van der Waals surface area contributed by atoms with Crippen LogP contribution in [0.4, 0.5) is 13.2 Å². The summed E-state index contributed by atoms with van der Waals surface area (Å²) in [5.41, 5.74) is 1.13. The Labute approximate surface area is 142 Å². The van der Waals surface area contributed by atoms with Crippen molar-refractivity contribution in [3.63, 3.8) is 0 Å². The van der Waals surface area contributed by atoms with E-state index in [4.69, 9.17) is 4.84 Å². The van der Waals surface area contributed by atoms with Gasteiger partial charge in [0.15, 0.2) is 0 Å². The molecule has 136 valence electrons. The first-order chi connectivity index (χ1) is 11.7. The van der Waals surface area contributed by atoms with E-state index in [0.29, 0.717) is 12.0 Å². The third-order valence-corrected chi connectivity index (χ3v) is 3.29. The predicted molar refractivity (Wildman–Crippen MR) is 81.8 cm³/mol. The minimum absolute atomic E-state index is 0.144. The van der Waals surface area contributed by atoms with Crippen LogP contribution in [0.3, 0.4) is 0 Å². The summed E-state index contributed by atoms with van der Waals surface area (Å²) < 4.78 is 41.7. The second kappa shape index (κ2) is 7.64. The average molecular weight is 357 g/mol. The molecule has 2 aromatic rings. The molecule has 0 N–H and O–H groups in total. The molecule has 0 saturated heterocycles. The number of amides is 1. The lowest BCUT2D eigenvalue weighted by molar-refractivity contribution is -0.180. The molecular weight excluding hydrogens is 339 g/mol. The third kappa shape index (κ3) is 5.02. The molecule has 1 aromatic carbocycles. The third-order valence-electron chi connectivity index (χ3n) is 3.29. The molecule has 0 aliphatic rings. The van der Waals surface area contributed by atoms with Gasteiger partial charge in [0.25, 0.3) is 0 Å². The summed E-state index contributed by atoms with van der Waals surface area (Å²) >= 11 is 0. The molecule has 0 fully saturated rings. The van der Waals surface area contributed by atoms with E-state index in [1.54, 1.807) is 24.3 Å². The van der Waals surface area contributed by atoms with Crippen molar-refractivity contribution in [1.82, 2.24) is 15.2 Å². The number of benzene rings is 1. The summed E-state index contributed by atoms with van der Waals surface area (Å²) in [5.74, 6) is -1.49. The van der Waals surface area contributed by atoms with Crippen molar-refractivity contribution in [3.05, 3.63) is 35.7 Å². The zero-order chi connectivity index (χ0) is 18.6. The summed E-state index contributed by atoms with van der Waals surface area (Å²) in [4.78, 5) is 20.5. The van der Waals surface area contributed by atoms with Crippen LogP contribution in [-0.4, -0.2) is 28.2 Å². The molecule has 0 atom stereocenters. The van der Waals surface area contributed by atoms with Gasteiger partial charge < -0.3 is 4.52 Å². The molecule has 0 unspecified atom stereocenters. The molecule has 0 bridgehead atoms. The van der Waals surface area contributed by atoms with Crippen LogP contribution in [0, 0.1) is 5.92 Å². The molecular formula is C16H18F3N3O3. The molecule has 2 rings (SSSR count). The molecule has 0 aliphatic heterocycles. The van der Waals surface area contributed by atoms with E-state index in [2.05, 4.69) is 14.7 Å². The van der Waals surface area contributed by atoms with Crippen molar-refractivity contribution in [1.29, 1.82) is 0 Å². The largest absolute Gasteiger partial charge is 0.471 e. The van der Waals surface area contributed by atoms with Crippen LogP contribution in [0.15, 0.2) is 28.8 Å². The summed E-state index contributed by atoms with van der Waals surface area (Å²) in [7, 11) is 1.41. The molecule has 0 saturated carbocycles. The smallest absolute Gasteiger partial charge is 0.329 e. The van der Waals surface area contributed by atoms with Gasteiger partial charge in [-0.05, 0) is 11.5 Å². The Morgan fingerprint density at radius 3 is 2.40 bits per heavy atom. The topological polar surface area (TPSA) is 68.5 Å². The first kappa shape index (κ1) is 18.9. The Bertz CT molecular complexity index is 711. The SMILES string of the molecule is CON(Cc1ccc(-c2noc(C(F)(F)F)n2)cc1)C(=O)CC(C)C. The van der Waals surface area contributed by atoms with Crippen molar-refractivity contribution in [2.75, 3.05) is 7.11 Å². The highest BCUT2D eigenvalue weighted by Crippen LogP contribution is 2.29.